The minimum atomic E-state index is -3.61. The zero-order valence-electron chi connectivity index (χ0n) is 17.8. The molecule has 0 saturated carbocycles. The maximum Gasteiger partial charge on any atom is 0.251 e. The Kier molecular flexibility index (Phi) is 8.20. The van der Waals surface area contributed by atoms with Crippen molar-refractivity contribution in [3.63, 3.8) is 0 Å². The molecule has 2 aromatic carbocycles. The van der Waals surface area contributed by atoms with Gasteiger partial charge in [-0.15, -0.1) is 0 Å². The predicted octanol–water partition coefficient (Wildman–Crippen LogP) is 5.37. The van der Waals surface area contributed by atoms with Crippen LogP contribution in [0.5, 0.6) is 0 Å². The number of halogens is 2. The largest absolute Gasteiger partial charge is 0.349 e. The van der Waals surface area contributed by atoms with Crippen molar-refractivity contribution in [2.75, 3.05) is 10.6 Å². The number of sulfonamides is 1. The molecule has 0 aromatic heterocycles. The van der Waals surface area contributed by atoms with Gasteiger partial charge in [0.2, 0.25) is 10.0 Å². The molecule has 0 aliphatic carbocycles. The quantitative estimate of drug-likeness (QED) is 0.563. The van der Waals surface area contributed by atoms with Crippen LogP contribution >= 0.6 is 23.2 Å². The normalized spacial score (nSPS) is 11.9. The van der Waals surface area contributed by atoms with Crippen LogP contribution in [0.1, 0.15) is 43.6 Å². The van der Waals surface area contributed by atoms with Crippen LogP contribution in [0.4, 0.5) is 5.69 Å². The highest BCUT2D eigenvalue weighted by Crippen LogP contribution is 2.34. The number of amides is 1. The van der Waals surface area contributed by atoms with Crippen LogP contribution in [0, 0.1) is 11.8 Å². The molecule has 2 rings (SSSR count). The van der Waals surface area contributed by atoms with Crippen LogP contribution in [0.3, 0.4) is 0 Å². The number of nitrogens with zero attached hydrogens (tertiary/aromatic N) is 1. The topological polar surface area (TPSA) is 66.5 Å². The summed E-state index contributed by atoms with van der Waals surface area (Å²) in [5, 5.41) is 3.53. The van der Waals surface area contributed by atoms with Gasteiger partial charge in [0.15, 0.2) is 0 Å². The monoisotopic (exact) mass is 470 g/mol. The molecule has 0 unspecified atom stereocenters. The van der Waals surface area contributed by atoms with E-state index in [0.717, 1.165) is 11.8 Å². The van der Waals surface area contributed by atoms with Gasteiger partial charge in [-0.25, -0.2) is 8.42 Å². The second-order valence-electron chi connectivity index (χ2n) is 8.03. The molecule has 30 heavy (non-hydrogen) atoms. The highest BCUT2D eigenvalue weighted by atomic mass is 35.5. The summed E-state index contributed by atoms with van der Waals surface area (Å²) in [6.45, 7) is 8.38. The Hall–Kier alpha value is -1.76. The number of hydrogen-bond acceptors (Lipinski definition) is 3. The van der Waals surface area contributed by atoms with Crippen LogP contribution in [0.15, 0.2) is 42.5 Å². The van der Waals surface area contributed by atoms with E-state index < -0.39 is 10.0 Å². The van der Waals surface area contributed by atoms with E-state index in [2.05, 4.69) is 33.0 Å². The molecule has 1 amide bonds. The van der Waals surface area contributed by atoms with Crippen LogP contribution in [0.25, 0.3) is 0 Å². The summed E-state index contributed by atoms with van der Waals surface area (Å²) >= 11 is 12.3. The summed E-state index contributed by atoms with van der Waals surface area (Å²) in [6.07, 6.45) is 1.12. The first-order valence-electron chi connectivity index (χ1n) is 9.73. The van der Waals surface area contributed by atoms with Crippen LogP contribution in [0.2, 0.25) is 10.0 Å². The van der Waals surface area contributed by atoms with Crippen molar-refractivity contribution in [2.24, 2.45) is 11.8 Å². The molecule has 1 N–H and O–H groups in total. The third-order valence-electron chi connectivity index (χ3n) is 4.88. The number of carbonyl (C=O) groups is 1. The summed E-state index contributed by atoms with van der Waals surface area (Å²) in [7, 11) is -3.61. The molecular weight excluding hydrogens is 443 g/mol. The standard InChI is InChI=1S/C22H28Cl2N2O3S/c1-14(2)21(15(3)4)25-22(27)17-11-9-16(10-12-17)13-26(30(5,28)29)19-8-6-7-18(23)20(19)24/h6-12,14-15,21H,13H2,1-5H3,(H,25,27). The summed E-state index contributed by atoms with van der Waals surface area (Å²) in [5.41, 5.74) is 1.55. The Labute approximate surface area is 189 Å². The first-order valence-corrected chi connectivity index (χ1v) is 12.3. The Balaban J connectivity index is 2.24. The Bertz CT molecular complexity index is 982. The molecule has 0 aliphatic heterocycles. The van der Waals surface area contributed by atoms with Crippen LogP contribution in [-0.4, -0.2) is 26.6 Å². The fourth-order valence-electron chi connectivity index (χ4n) is 3.33. The maximum absolute atomic E-state index is 12.6. The molecule has 8 heteroatoms. The molecule has 0 aliphatic rings. The van der Waals surface area contributed by atoms with E-state index in [1.165, 1.54) is 4.31 Å². The summed E-state index contributed by atoms with van der Waals surface area (Å²) in [6, 6.07) is 11.8. The van der Waals surface area contributed by atoms with Gasteiger partial charge in [0, 0.05) is 11.6 Å². The third-order valence-corrected chi connectivity index (χ3v) is 6.81. The van der Waals surface area contributed by atoms with E-state index in [1.54, 1.807) is 42.5 Å². The lowest BCUT2D eigenvalue weighted by atomic mass is 9.93. The smallest absolute Gasteiger partial charge is 0.251 e. The van der Waals surface area contributed by atoms with E-state index in [9.17, 15) is 13.2 Å². The molecule has 0 heterocycles. The van der Waals surface area contributed by atoms with E-state index in [4.69, 9.17) is 23.2 Å². The van der Waals surface area contributed by atoms with Crippen LogP contribution < -0.4 is 9.62 Å². The van der Waals surface area contributed by atoms with Crippen molar-refractivity contribution < 1.29 is 13.2 Å². The van der Waals surface area contributed by atoms with Gasteiger partial charge < -0.3 is 5.32 Å². The van der Waals surface area contributed by atoms with E-state index in [0.29, 0.717) is 23.1 Å². The molecule has 0 fully saturated rings. The van der Waals surface area contributed by atoms with Crippen molar-refractivity contribution in [2.45, 2.75) is 40.3 Å². The van der Waals surface area contributed by atoms with Gasteiger partial charge in [-0.1, -0.05) is 69.1 Å². The van der Waals surface area contributed by atoms with Crippen molar-refractivity contribution in [3.8, 4) is 0 Å². The van der Waals surface area contributed by atoms with Crippen molar-refractivity contribution >= 4 is 44.8 Å². The number of rotatable bonds is 8. The van der Waals surface area contributed by atoms with Gasteiger partial charge in [-0.05, 0) is 41.7 Å². The second kappa shape index (κ2) is 10.0. The summed E-state index contributed by atoms with van der Waals surface area (Å²) < 4.78 is 26.0. The minimum Gasteiger partial charge on any atom is -0.349 e. The number of carbonyl (C=O) groups excluding carboxylic acids is 1. The molecular formula is C22H28Cl2N2O3S. The Morgan fingerprint density at radius 2 is 1.57 bits per heavy atom. The van der Waals surface area contributed by atoms with Gasteiger partial charge in [0.05, 0.1) is 28.5 Å². The molecule has 0 spiro atoms. The van der Waals surface area contributed by atoms with Crippen molar-refractivity contribution in [3.05, 3.63) is 63.6 Å². The van der Waals surface area contributed by atoms with Gasteiger partial charge >= 0.3 is 0 Å². The minimum absolute atomic E-state index is 0.0708. The Morgan fingerprint density at radius 3 is 2.07 bits per heavy atom. The van der Waals surface area contributed by atoms with Crippen molar-refractivity contribution in [1.29, 1.82) is 0 Å². The second-order valence-corrected chi connectivity index (χ2v) is 10.7. The van der Waals surface area contributed by atoms with E-state index >= 15 is 0 Å². The number of nitrogens with one attached hydrogen (secondary N) is 1. The lowest BCUT2D eigenvalue weighted by Crippen LogP contribution is -2.42. The fraction of sp³-hybridized carbons (Fsp3) is 0.409. The molecule has 0 saturated heterocycles. The third kappa shape index (κ3) is 6.13. The highest BCUT2D eigenvalue weighted by Gasteiger charge is 2.23. The van der Waals surface area contributed by atoms with E-state index in [1.807, 2.05) is 0 Å². The first kappa shape index (κ1) is 24.5. The average molecular weight is 471 g/mol. The van der Waals surface area contributed by atoms with Gasteiger partial charge in [-0.2, -0.15) is 0 Å². The summed E-state index contributed by atoms with van der Waals surface area (Å²) in [4.78, 5) is 12.6. The first-order chi connectivity index (χ1) is 13.9. The van der Waals surface area contributed by atoms with Gasteiger partial charge in [-0.3, -0.25) is 9.10 Å². The van der Waals surface area contributed by atoms with Gasteiger partial charge in [0.1, 0.15) is 0 Å². The predicted molar refractivity (Wildman–Crippen MR) is 125 cm³/mol. The average Bonchev–Trinajstić information content (AvgIpc) is 2.65. The van der Waals surface area contributed by atoms with Gasteiger partial charge in [0.25, 0.3) is 5.91 Å². The lowest BCUT2D eigenvalue weighted by molar-refractivity contribution is 0.0910. The molecule has 0 radical (unpaired) electrons. The number of benzene rings is 2. The molecule has 0 bridgehead atoms. The molecule has 164 valence electrons. The number of anilines is 1. The lowest BCUT2D eigenvalue weighted by Gasteiger charge is -2.26. The molecule has 0 atom stereocenters. The zero-order valence-corrected chi connectivity index (χ0v) is 20.1. The highest BCUT2D eigenvalue weighted by molar-refractivity contribution is 7.92. The fourth-order valence-corrected chi connectivity index (χ4v) is 4.67. The Morgan fingerprint density at radius 1 is 1.00 bits per heavy atom. The number of hydrogen-bond donors (Lipinski definition) is 1. The van der Waals surface area contributed by atoms with Crippen LogP contribution in [-0.2, 0) is 16.6 Å². The van der Waals surface area contributed by atoms with E-state index in [-0.39, 0.29) is 28.5 Å². The molecule has 5 nitrogen and oxygen atoms in total. The molecule has 2 aromatic rings. The zero-order chi connectivity index (χ0) is 22.6. The summed E-state index contributed by atoms with van der Waals surface area (Å²) in [5.74, 6) is 0.491. The maximum atomic E-state index is 12.6. The SMILES string of the molecule is CC(C)C(NC(=O)c1ccc(CN(c2cccc(Cl)c2Cl)S(C)(=O)=O)cc1)C(C)C. The van der Waals surface area contributed by atoms with Crippen molar-refractivity contribution in [1.82, 2.24) is 5.32 Å².